The van der Waals surface area contributed by atoms with E-state index in [1.165, 1.54) is 0 Å². The number of hydrogen-bond acceptors (Lipinski definition) is 4. The minimum atomic E-state index is 0.255. The standard InChI is InChI=1S/C11H19N2OS2/c1-13(2,7-9-14)8-10-15-16-11-5-3-4-6-12-11/h3-6,14H,7-10H2,1-2H3/q+1. The molecule has 0 aliphatic heterocycles. The summed E-state index contributed by atoms with van der Waals surface area (Å²) in [5.74, 6) is 1.06. The Morgan fingerprint density at radius 3 is 2.75 bits per heavy atom. The second-order valence-electron chi connectivity index (χ2n) is 4.18. The van der Waals surface area contributed by atoms with Gasteiger partial charge in [0.2, 0.25) is 0 Å². The molecule has 1 rings (SSSR count). The number of aliphatic hydroxyl groups is 1. The molecule has 1 N–H and O–H groups in total. The molecule has 90 valence electrons. The van der Waals surface area contributed by atoms with Crippen LogP contribution in [0.25, 0.3) is 0 Å². The number of aromatic nitrogens is 1. The molecule has 1 heterocycles. The Bertz CT molecular complexity index is 293. The van der Waals surface area contributed by atoms with Gasteiger partial charge in [-0.05, 0) is 22.9 Å². The molecule has 5 heteroatoms. The van der Waals surface area contributed by atoms with E-state index in [0.29, 0.717) is 0 Å². The average Bonchev–Trinajstić information content (AvgIpc) is 2.26. The molecule has 0 amide bonds. The first-order valence-corrected chi connectivity index (χ1v) is 7.59. The lowest BCUT2D eigenvalue weighted by Crippen LogP contribution is -2.43. The zero-order valence-corrected chi connectivity index (χ0v) is 11.4. The van der Waals surface area contributed by atoms with E-state index >= 15 is 0 Å². The number of quaternary nitrogens is 1. The number of rotatable bonds is 7. The lowest BCUT2D eigenvalue weighted by molar-refractivity contribution is -0.888. The second kappa shape index (κ2) is 7.17. The van der Waals surface area contributed by atoms with E-state index in [9.17, 15) is 0 Å². The molecule has 1 aromatic rings. The lowest BCUT2D eigenvalue weighted by atomic mass is 10.4. The van der Waals surface area contributed by atoms with Crippen LogP contribution in [0.15, 0.2) is 29.4 Å². The van der Waals surface area contributed by atoms with Crippen molar-refractivity contribution in [3.63, 3.8) is 0 Å². The number of likely N-dealkylation sites (N-methyl/N-ethyl adjacent to an activating group) is 1. The van der Waals surface area contributed by atoms with Crippen LogP contribution in [0.4, 0.5) is 0 Å². The second-order valence-corrected chi connectivity index (χ2v) is 6.62. The highest BCUT2D eigenvalue weighted by molar-refractivity contribution is 8.76. The van der Waals surface area contributed by atoms with Gasteiger partial charge in [-0.15, -0.1) is 0 Å². The van der Waals surface area contributed by atoms with E-state index in [1.807, 2.05) is 35.2 Å². The summed E-state index contributed by atoms with van der Waals surface area (Å²) in [6, 6.07) is 5.95. The summed E-state index contributed by atoms with van der Waals surface area (Å²) in [4.78, 5) is 4.25. The predicted octanol–water partition coefficient (Wildman–Crippen LogP) is 1.89. The highest BCUT2D eigenvalue weighted by Crippen LogP contribution is 2.28. The van der Waals surface area contributed by atoms with Crippen molar-refractivity contribution in [2.45, 2.75) is 5.03 Å². The molecule has 0 atom stereocenters. The summed E-state index contributed by atoms with van der Waals surface area (Å²) < 4.78 is 0.867. The van der Waals surface area contributed by atoms with Crippen LogP contribution < -0.4 is 0 Å². The zero-order chi connectivity index (χ0) is 11.9. The van der Waals surface area contributed by atoms with Gasteiger partial charge < -0.3 is 9.59 Å². The highest BCUT2D eigenvalue weighted by atomic mass is 33.1. The van der Waals surface area contributed by atoms with E-state index in [0.717, 1.165) is 28.4 Å². The smallest absolute Gasteiger partial charge is 0.106 e. The molecule has 0 aromatic carbocycles. The predicted molar refractivity (Wildman–Crippen MR) is 71.5 cm³/mol. The molecular weight excluding hydrogens is 240 g/mol. The van der Waals surface area contributed by atoms with Crippen molar-refractivity contribution in [1.82, 2.24) is 4.98 Å². The summed E-state index contributed by atoms with van der Waals surface area (Å²) >= 11 is 0. The Labute approximate surface area is 105 Å². The Morgan fingerprint density at radius 2 is 2.12 bits per heavy atom. The Hall–Kier alpha value is -0.230. The van der Waals surface area contributed by atoms with E-state index < -0.39 is 0 Å². The summed E-state index contributed by atoms with van der Waals surface area (Å²) in [7, 11) is 7.81. The van der Waals surface area contributed by atoms with E-state index in [-0.39, 0.29) is 6.61 Å². The molecule has 16 heavy (non-hydrogen) atoms. The third-order valence-electron chi connectivity index (χ3n) is 2.27. The fourth-order valence-electron chi connectivity index (χ4n) is 1.17. The van der Waals surface area contributed by atoms with Gasteiger partial charge in [0.25, 0.3) is 0 Å². The van der Waals surface area contributed by atoms with Gasteiger partial charge in [-0.1, -0.05) is 16.9 Å². The third kappa shape index (κ3) is 5.75. The van der Waals surface area contributed by atoms with E-state index in [4.69, 9.17) is 5.11 Å². The van der Waals surface area contributed by atoms with E-state index in [1.54, 1.807) is 10.8 Å². The van der Waals surface area contributed by atoms with Crippen molar-refractivity contribution in [2.24, 2.45) is 0 Å². The van der Waals surface area contributed by atoms with Gasteiger partial charge >= 0.3 is 0 Å². The van der Waals surface area contributed by atoms with Crippen LogP contribution >= 0.6 is 21.6 Å². The van der Waals surface area contributed by atoms with Crippen LogP contribution in [0.2, 0.25) is 0 Å². The molecule has 0 aliphatic rings. The SMILES string of the molecule is C[N+](C)(CCO)CCSSc1ccccn1. The maximum absolute atomic E-state index is 8.90. The first-order chi connectivity index (χ1) is 7.64. The minimum absolute atomic E-state index is 0.255. The molecule has 0 spiro atoms. The van der Waals surface area contributed by atoms with Gasteiger partial charge in [0, 0.05) is 6.20 Å². The van der Waals surface area contributed by atoms with Gasteiger partial charge in [0.05, 0.1) is 33.0 Å². The third-order valence-corrected chi connectivity index (χ3v) is 4.51. The van der Waals surface area contributed by atoms with Gasteiger partial charge in [-0.3, -0.25) is 0 Å². The summed E-state index contributed by atoms with van der Waals surface area (Å²) in [5, 5.41) is 9.95. The Kier molecular flexibility index (Phi) is 6.20. The molecular formula is C11H19N2OS2+. The maximum atomic E-state index is 8.90. The first kappa shape index (κ1) is 13.8. The summed E-state index contributed by atoms with van der Waals surface area (Å²) in [5.41, 5.74) is 0. The number of pyridine rings is 1. The van der Waals surface area contributed by atoms with Crippen LogP contribution in [0.1, 0.15) is 0 Å². The molecule has 0 aliphatic carbocycles. The van der Waals surface area contributed by atoms with Crippen molar-refractivity contribution in [3.05, 3.63) is 24.4 Å². The molecule has 0 saturated heterocycles. The van der Waals surface area contributed by atoms with Crippen molar-refractivity contribution in [3.8, 4) is 0 Å². The van der Waals surface area contributed by atoms with Gasteiger partial charge in [-0.25, -0.2) is 4.98 Å². The van der Waals surface area contributed by atoms with Gasteiger partial charge in [-0.2, -0.15) is 0 Å². The summed E-state index contributed by atoms with van der Waals surface area (Å²) in [6.45, 7) is 2.13. The van der Waals surface area contributed by atoms with Gasteiger partial charge in [0.15, 0.2) is 0 Å². The molecule has 0 radical (unpaired) electrons. The maximum Gasteiger partial charge on any atom is 0.106 e. The monoisotopic (exact) mass is 259 g/mol. The quantitative estimate of drug-likeness (QED) is 0.460. The van der Waals surface area contributed by atoms with Crippen LogP contribution in [-0.2, 0) is 0 Å². The molecule has 3 nitrogen and oxygen atoms in total. The minimum Gasteiger partial charge on any atom is -0.391 e. The normalized spacial score (nSPS) is 11.7. The number of nitrogens with zero attached hydrogens (tertiary/aromatic N) is 2. The molecule has 0 fully saturated rings. The molecule has 0 saturated carbocycles. The van der Waals surface area contributed by atoms with Crippen molar-refractivity contribution in [1.29, 1.82) is 0 Å². The zero-order valence-electron chi connectivity index (χ0n) is 9.80. The van der Waals surface area contributed by atoms with Crippen molar-refractivity contribution >= 4 is 21.6 Å². The Balaban J connectivity index is 2.17. The van der Waals surface area contributed by atoms with E-state index in [2.05, 4.69) is 19.1 Å². The average molecular weight is 259 g/mol. The van der Waals surface area contributed by atoms with Crippen LogP contribution in [0, 0.1) is 0 Å². The molecule has 0 unspecified atom stereocenters. The fourth-order valence-corrected chi connectivity index (χ4v) is 3.31. The first-order valence-electron chi connectivity index (χ1n) is 5.27. The lowest BCUT2D eigenvalue weighted by Gasteiger charge is -2.28. The fraction of sp³-hybridized carbons (Fsp3) is 0.545. The Morgan fingerprint density at radius 1 is 1.31 bits per heavy atom. The van der Waals surface area contributed by atoms with Crippen LogP contribution in [0.5, 0.6) is 0 Å². The highest BCUT2D eigenvalue weighted by Gasteiger charge is 2.13. The van der Waals surface area contributed by atoms with Crippen LogP contribution in [0.3, 0.4) is 0 Å². The molecule has 0 bridgehead atoms. The van der Waals surface area contributed by atoms with Crippen molar-refractivity contribution < 1.29 is 9.59 Å². The topological polar surface area (TPSA) is 33.1 Å². The largest absolute Gasteiger partial charge is 0.391 e. The van der Waals surface area contributed by atoms with Crippen molar-refractivity contribution in [2.75, 3.05) is 39.5 Å². The number of hydrogen-bond donors (Lipinski definition) is 1. The number of aliphatic hydroxyl groups excluding tert-OH is 1. The van der Waals surface area contributed by atoms with Gasteiger partial charge in [0.1, 0.15) is 11.6 Å². The molecule has 1 aromatic heterocycles. The van der Waals surface area contributed by atoms with Crippen LogP contribution in [-0.4, -0.2) is 54.1 Å². The summed E-state index contributed by atoms with van der Waals surface area (Å²) in [6.07, 6.45) is 1.81.